The van der Waals surface area contributed by atoms with Gasteiger partial charge in [-0.25, -0.2) is 4.39 Å². The number of hydrogen-bond acceptors (Lipinski definition) is 4. The van der Waals surface area contributed by atoms with E-state index in [0.29, 0.717) is 18.7 Å². The van der Waals surface area contributed by atoms with Crippen molar-refractivity contribution in [2.75, 3.05) is 27.3 Å². The highest BCUT2D eigenvalue weighted by atomic mass is 19.1. The van der Waals surface area contributed by atoms with Gasteiger partial charge in [-0.3, -0.25) is 4.79 Å². The molecule has 2 aromatic rings. The molecule has 140 valence electrons. The van der Waals surface area contributed by atoms with Crippen LogP contribution in [0.5, 0.6) is 11.5 Å². The van der Waals surface area contributed by atoms with Gasteiger partial charge in [-0.15, -0.1) is 0 Å². The van der Waals surface area contributed by atoms with Crippen LogP contribution in [0.3, 0.4) is 0 Å². The van der Waals surface area contributed by atoms with E-state index < -0.39 is 5.82 Å². The largest absolute Gasteiger partial charge is 0.496 e. The van der Waals surface area contributed by atoms with Gasteiger partial charge in [0.1, 0.15) is 23.9 Å². The monoisotopic (exact) mass is 360 g/mol. The summed E-state index contributed by atoms with van der Waals surface area (Å²) in [7, 11) is 3.31. The molecule has 26 heavy (non-hydrogen) atoms. The average Bonchev–Trinajstić information content (AvgIpc) is 2.66. The highest BCUT2D eigenvalue weighted by Crippen LogP contribution is 2.24. The Hall–Kier alpha value is -2.60. The van der Waals surface area contributed by atoms with Crippen molar-refractivity contribution in [3.63, 3.8) is 0 Å². The summed E-state index contributed by atoms with van der Waals surface area (Å²) in [5.74, 6) is 0.314. The quantitative estimate of drug-likeness (QED) is 0.786. The van der Waals surface area contributed by atoms with Crippen molar-refractivity contribution in [3.8, 4) is 11.5 Å². The minimum Gasteiger partial charge on any atom is -0.496 e. The number of benzene rings is 2. The zero-order chi connectivity index (χ0) is 19.1. The van der Waals surface area contributed by atoms with Crippen molar-refractivity contribution in [1.82, 2.24) is 4.90 Å². The van der Waals surface area contributed by atoms with E-state index >= 15 is 0 Å². The summed E-state index contributed by atoms with van der Waals surface area (Å²) in [5.41, 5.74) is 6.64. The van der Waals surface area contributed by atoms with E-state index in [1.165, 1.54) is 18.2 Å². The highest BCUT2D eigenvalue weighted by molar-refractivity contribution is 5.97. The lowest BCUT2D eigenvalue weighted by Gasteiger charge is -2.26. The molecule has 2 aromatic carbocycles. The Balaban J connectivity index is 2.19. The van der Waals surface area contributed by atoms with Crippen LogP contribution < -0.4 is 15.2 Å². The van der Waals surface area contributed by atoms with Crippen molar-refractivity contribution in [2.24, 2.45) is 5.73 Å². The molecule has 2 N–H and O–H groups in total. The second-order valence-electron chi connectivity index (χ2n) is 6.06. The molecule has 0 spiro atoms. The number of methoxy groups -OCH3 is 1. The van der Waals surface area contributed by atoms with Crippen molar-refractivity contribution in [1.29, 1.82) is 0 Å². The maximum atomic E-state index is 13.7. The minimum absolute atomic E-state index is 0.121. The fourth-order valence-corrected chi connectivity index (χ4v) is 2.68. The Morgan fingerprint density at radius 1 is 1.23 bits per heavy atom. The fraction of sp³-hybridized carbons (Fsp3) is 0.350. The second-order valence-corrected chi connectivity index (χ2v) is 6.06. The smallest absolute Gasteiger partial charge is 0.257 e. The number of halogens is 1. The molecule has 0 heterocycles. The molecule has 0 aliphatic heterocycles. The van der Waals surface area contributed by atoms with Gasteiger partial charge in [-0.2, -0.15) is 0 Å². The molecule has 0 aliphatic carbocycles. The van der Waals surface area contributed by atoms with Gasteiger partial charge in [0.15, 0.2) is 0 Å². The predicted molar refractivity (Wildman–Crippen MR) is 99.2 cm³/mol. The van der Waals surface area contributed by atoms with Crippen LogP contribution in [0.1, 0.15) is 22.8 Å². The molecule has 0 aliphatic rings. The number of rotatable bonds is 8. The lowest BCUT2D eigenvalue weighted by molar-refractivity contribution is 0.0738. The molecule has 0 aromatic heterocycles. The van der Waals surface area contributed by atoms with Crippen LogP contribution in [0.4, 0.5) is 4.39 Å². The Bertz CT molecular complexity index is 752. The Labute approximate surface area is 153 Å². The summed E-state index contributed by atoms with van der Waals surface area (Å²) in [6.45, 7) is 2.50. The summed E-state index contributed by atoms with van der Waals surface area (Å²) >= 11 is 0. The SMILES string of the molecule is COc1ccccc1C[C@@H](C)N(C)C(=O)c1cc(F)ccc1OCCN. The maximum absolute atomic E-state index is 13.7. The van der Waals surface area contributed by atoms with Crippen molar-refractivity contribution >= 4 is 5.91 Å². The van der Waals surface area contributed by atoms with Gasteiger partial charge in [0.05, 0.1) is 12.7 Å². The van der Waals surface area contributed by atoms with E-state index in [1.54, 1.807) is 19.1 Å². The molecule has 1 atom stereocenters. The van der Waals surface area contributed by atoms with E-state index in [2.05, 4.69) is 0 Å². The van der Waals surface area contributed by atoms with E-state index in [1.807, 2.05) is 31.2 Å². The molecule has 2 rings (SSSR count). The molecule has 0 fully saturated rings. The van der Waals surface area contributed by atoms with Crippen LogP contribution in [-0.4, -0.2) is 44.2 Å². The summed E-state index contributed by atoms with van der Waals surface area (Å²) in [5, 5.41) is 0. The number of hydrogen-bond donors (Lipinski definition) is 1. The van der Waals surface area contributed by atoms with Gasteiger partial charge in [0.2, 0.25) is 0 Å². The first-order valence-electron chi connectivity index (χ1n) is 8.49. The number of ether oxygens (including phenoxy) is 2. The van der Waals surface area contributed by atoms with Crippen LogP contribution >= 0.6 is 0 Å². The number of nitrogens with zero attached hydrogens (tertiary/aromatic N) is 1. The van der Waals surface area contributed by atoms with Crippen LogP contribution in [0.25, 0.3) is 0 Å². The normalized spacial score (nSPS) is 11.7. The summed E-state index contributed by atoms with van der Waals surface area (Å²) in [6, 6.07) is 11.5. The molecule has 0 saturated heterocycles. The highest BCUT2D eigenvalue weighted by Gasteiger charge is 2.22. The number of nitrogens with two attached hydrogens (primary N) is 1. The van der Waals surface area contributed by atoms with E-state index in [0.717, 1.165) is 11.3 Å². The summed E-state index contributed by atoms with van der Waals surface area (Å²) in [6.07, 6.45) is 0.612. The number of amides is 1. The summed E-state index contributed by atoms with van der Waals surface area (Å²) in [4.78, 5) is 14.5. The molecule has 5 nitrogen and oxygen atoms in total. The lowest BCUT2D eigenvalue weighted by atomic mass is 10.0. The van der Waals surface area contributed by atoms with E-state index in [4.69, 9.17) is 15.2 Å². The predicted octanol–water partition coefficient (Wildman–Crippen LogP) is 2.88. The molecule has 0 bridgehead atoms. The zero-order valence-corrected chi connectivity index (χ0v) is 15.4. The van der Waals surface area contributed by atoms with Gasteiger partial charge in [-0.05, 0) is 43.2 Å². The third-order valence-electron chi connectivity index (χ3n) is 4.24. The van der Waals surface area contributed by atoms with Crippen LogP contribution in [0.2, 0.25) is 0 Å². The molecule has 0 unspecified atom stereocenters. The second kappa shape index (κ2) is 9.20. The van der Waals surface area contributed by atoms with Crippen LogP contribution in [0, 0.1) is 5.82 Å². The molecular weight excluding hydrogens is 335 g/mol. The molecule has 1 amide bonds. The molecule has 0 saturated carbocycles. The Morgan fingerprint density at radius 2 is 1.96 bits per heavy atom. The van der Waals surface area contributed by atoms with Crippen molar-refractivity contribution in [2.45, 2.75) is 19.4 Å². The first kappa shape index (κ1) is 19.7. The fourth-order valence-electron chi connectivity index (χ4n) is 2.68. The van der Waals surface area contributed by atoms with Gasteiger partial charge in [-0.1, -0.05) is 18.2 Å². The van der Waals surface area contributed by atoms with Gasteiger partial charge in [0, 0.05) is 19.6 Å². The number of carbonyl (C=O) groups is 1. The average molecular weight is 360 g/mol. The first-order chi connectivity index (χ1) is 12.5. The molecule has 0 radical (unpaired) electrons. The van der Waals surface area contributed by atoms with Crippen LogP contribution in [0.15, 0.2) is 42.5 Å². The maximum Gasteiger partial charge on any atom is 0.257 e. The molecule has 6 heteroatoms. The first-order valence-corrected chi connectivity index (χ1v) is 8.49. The number of para-hydroxylation sites is 1. The topological polar surface area (TPSA) is 64.8 Å². The Morgan fingerprint density at radius 3 is 2.65 bits per heavy atom. The number of carbonyl (C=O) groups excluding carboxylic acids is 1. The minimum atomic E-state index is -0.487. The van der Waals surface area contributed by atoms with Gasteiger partial charge < -0.3 is 20.1 Å². The third-order valence-corrected chi connectivity index (χ3v) is 4.24. The van der Waals surface area contributed by atoms with E-state index in [-0.39, 0.29) is 24.1 Å². The standard InChI is InChI=1S/C20H25FN2O3/c1-14(12-15-6-4-5-7-18(15)25-3)23(2)20(24)17-13-16(21)8-9-19(17)26-11-10-22/h4-9,13-14H,10-12,22H2,1-3H3/t14-/m1/s1. The Kier molecular flexibility index (Phi) is 6.97. The van der Waals surface area contributed by atoms with E-state index in [9.17, 15) is 9.18 Å². The zero-order valence-electron chi connectivity index (χ0n) is 15.4. The van der Waals surface area contributed by atoms with Gasteiger partial charge in [0.25, 0.3) is 5.91 Å². The van der Waals surface area contributed by atoms with Crippen molar-refractivity contribution < 1.29 is 18.7 Å². The van der Waals surface area contributed by atoms with Gasteiger partial charge >= 0.3 is 0 Å². The van der Waals surface area contributed by atoms with Crippen LogP contribution in [-0.2, 0) is 6.42 Å². The molecular formula is C20H25FN2O3. The number of likely N-dealkylation sites (N-methyl/N-ethyl adjacent to an activating group) is 1. The third kappa shape index (κ3) is 4.73. The summed E-state index contributed by atoms with van der Waals surface area (Å²) < 4.78 is 24.5. The van der Waals surface area contributed by atoms with Crippen molar-refractivity contribution in [3.05, 3.63) is 59.4 Å². The lowest BCUT2D eigenvalue weighted by Crippen LogP contribution is -2.36.